The number of thiophene rings is 1. The predicted octanol–water partition coefficient (Wildman–Crippen LogP) is 5.09. The number of benzene rings is 1. The fourth-order valence-electron chi connectivity index (χ4n) is 3.05. The van der Waals surface area contributed by atoms with Crippen LogP contribution < -0.4 is 4.74 Å². The molecule has 2 aromatic heterocycles. The van der Waals surface area contributed by atoms with Crippen molar-refractivity contribution < 1.29 is 9.53 Å². The molecule has 0 spiro atoms. The highest BCUT2D eigenvalue weighted by atomic mass is 35.5. The Morgan fingerprint density at radius 2 is 2.11 bits per heavy atom. The third-order valence-electron chi connectivity index (χ3n) is 4.64. The van der Waals surface area contributed by atoms with E-state index in [4.69, 9.17) is 16.3 Å². The number of amides is 1. The van der Waals surface area contributed by atoms with Crippen molar-refractivity contribution >= 4 is 28.8 Å². The van der Waals surface area contributed by atoms with Gasteiger partial charge in [0.15, 0.2) is 0 Å². The topological polar surface area (TPSA) is 47.4 Å². The minimum Gasteiger partial charge on any atom is -0.489 e. The van der Waals surface area contributed by atoms with Gasteiger partial charge in [0, 0.05) is 42.0 Å². The fraction of sp³-hybridized carbons (Fsp3) is 0.333. The molecule has 0 aliphatic carbocycles. The van der Waals surface area contributed by atoms with Crippen molar-refractivity contribution in [3.05, 3.63) is 68.1 Å². The highest BCUT2D eigenvalue weighted by Gasteiger charge is 2.18. The molecule has 0 fully saturated rings. The summed E-state index contributed by atoms with van der Waals surface area (Å²) in [5.41, 5.74) is 4.16. The predicted molar refractivity (Wildman–Crippen MR) is 113 cm³/mol. The third kappa shape index (κ3) is 4.56. The van der Waals surface area contributed by atoms with Crippen LogP contribution in [0.5, 0.6) is 5.75 Å². The highest BCUT2D eigenvalue weighted by Crippen LogP contribution is 2.22. The number of aryl methyl sites for hydroxylation is 2. The standard InChI is InChI=1S/C21H24ClN3O2S/c1-5-25-15(3)19(14(2)23-25)11-24(4)21(26)20-9-16(13-28-20)12-27-18-8-6-7-17(22)10-18/h6-10,13H,5,11-12H2,1-4H3. The summed E-state index contributed by atoms with van der Waals surface area (Å²) in [5, 5.41) is 7.12. The second kappa shape index (κ2) is 8.80. The Hall–Kier alpha value is -2.31. The molecular formula is C21H24ClN3O2S. The van der Waals surface area contributed by atoms with Crippen LogP contribution in [-0.2, 0) is 19.7 Å². The first kappa shape index (κ1) is 20.4. The smallest absolute Gasteiger partial charge is 0.263 e. The summed E-state index contributed by atoms with van der Waals surface area (Å²) >= 11 is 7.41. The largest absolute Gasteiger partial charge is 0.489 e. The lowest BCUT2D eigenvalue weighted by Gasteiger charge is -2.16. The number of carbonyl (C=O) groups excluding carboxylic acids is 1. The van der Waals surface area contributed by atoms with Crippen molar-refractivity contribution in [2.75, 3.05) is 7.05 Å². The first-order valence-corrected chi connectivity index (χ1v) is 10.4. The maximum atomic E-state index is 12.8. The molecule has 0 atom stereocenters. The minimum absolute atomic E-state index is 0.00190. The van der Waals surface area contributed by atoms with Gasteiger partial charge in [-0.2, -0.15) is 5.10 Å². The second-order valence-electron chi connectivity index (χ2n) is 6.69. The molecule has 0 saturated heterocycles. The summed E-state index contributed by atoms with van der Waals surface area (Å²) in [6.07, 6.45) is 0. The zero-order chi connectivity index (χ0) is 20.3. The normalized spacial score (nSPS) is 10.9. The Balaban J connectivity index is 1.64. The van der Waals surface area contributed by atoms with Gasteiger partial charge in [0.25, 0.3) is 5.91 Å². The van der Waals surface area contributed by atoms with E-state index in [0.29, 0.717) is 28.8 Å². The number of ether oxygens (including phenoxy) is 1. The molecular weight excluding hydrogens is 394 g/mol. The SMILES string of the molecule is CCn1nc(C)c(CN(C)C(=O)c2cc(COc3cccc(Cl)c3)cs2)c1C. The van der Waals surface area contributed by atoms with Gasteiger partial charge in [0.1, 0.15) is 12.4 Å². The number of carbonyl (C=O) groups is 1. The first-order valence-electron chi connectivity index (χ1n) is 9.13. The minimum atomic E-state index is 0.00190. The van der Waals surface area contributed by atoms with Crippen molar-refractivity contribution in [3.63, 3.8) is 0 Å². The maximum absolute atomic E-state index is 12.8. The number of aromatic nitrogens is 2. The van der Waals surface area contributed by atoms with E-state index in [-0.39, 0.29) is 5.91 Å². The molecule has 0 radical (unpaired) electrons. The molecule has 0 unspecified atom stereocenters. The number of nitrogens with zero attached hydrogens (tertiary/aromatic N) is 3. The molecule has 0 N–H and O–H groups in total. The molecule has 3 aromatic rings. The van der Waals surface area contributed by atoms with Gasteiger partial charge in [-0.3, -0.25) is 9.48 Å². The lowest BCUT2D eigenvalue weighted by atomic mass is 10.2. The van der Waals surface area contributed by atoms with E-state index < -0.39 is 0 Å². The van der Waals surface area contributed by atoms with Gasteiger partial charge in [-0.1, -0.05) is 17.7 Å². The monoisotopic (exact) mass is 417 g/mol. The number of hydrogen-bond acceptors (Lipinski definition) is 4. The Kier molecular flexibility index (Phi) is 6.42. The van der Waals surface area contributed by atoms with Crippen molar-refractivity contribution in [1.29, 1.82) is 0 Å². The van der Waals surface area contributed by atoms with Crippen LogP contribution >= 0.6 is 22.9 Å². The molecule has 7 heteroatoms. The molecule has 3 rings (SSSR count). The summed E-state index contributed by atoms with van der Waals surface area (Å²) in [6.45, 7) is 7.87. The van der Waals surface area contributed by atoms with E-state index in [1.807, 2.05) is 49.2 Å². The number of halogens is 1. The van der Waals surface area contributed by atoms with Crippen LogP contribution in [-0.4, -0.2) is 27.6 Å². The maximum Gasteiger partial charge on any atom is 0.263 e. The Bertz CT molecular complexity index is 980. The quantitative estimate of drug-likeness (QED) is 0.538. The van der Waals surface area contributed by atoms with E-state index in [0.717, 1.165) is 29.1 Å². The molecule has 0 saturated carbocycles. The molecule has 148 valence electrons. The van der Waals surface area contributed by atoms with Gasteiger partial charge in [-0.15, -0.1) is 11.3 Å². The van der Waals surface area contributed by atoms with E-state index in [9.17, 15) is 4.79 Å². The van der Waals surface area contributed by atoms with E-state index in [2.05, 4.69) is 12.0 Å². The molecule has 0 aliphatic rings. The lowest BCUT2D eigenvalue weighted by molar-refractivity contribution is 0.0789. The van der Waals surface area contributed by atoms with Gasteiger partial charge in [0.05, 0.1) is 10.6 Å². The van der Waals surface area contributed by atoms with Crippen LogP contribution in [0.25, 0.3) is 0 Å². The second-order valence-corrected chi connectivity index (χ2v) is 8.04. The molecule has 1 amide bonds. The van der Waals surface area contributed by atoms with Crippen LogP contribution in [0.3, 0.4) is 0 Å². The summed E-state index contributed by atoms with van der Waals surface area (Å²) in [5.74, 6) is 0.713. The highest BCUT2D eigenvalue weighted by molar-refractivity contribution is 7.12. The van der Waals surface area contributed by atoms with Gasteiger partial charge < -0.3 is 9.64 Å². The molecule has 0 aliphatic heterocycles. The third-order valence-corrected chi connectivity index (χ3v) is 5.84. The van der Waals surface area contributed by atoms with Crippen LogP contribution in [0.4, 0.5) is 0 Å². The van der Waals surface area contributed by atoms with Crippen molar-refractivity contribution in [1.82, 2.24) is 14.7 Å². The fourth-order valence-corrected chi connectivity index (χ4v) is 4.13. The number of hydrogen-bond donors (Lipinski definition) is 0. The molecule has 28 heavy (non-hydrogen) atoms. The summed E-state index contributed by atoms with van der Waals surface area (Å²) in [6, 6.07) is 9.18. The Morgan fingerprint density at radius 3 is 2.79 bits per heavy atom. The van der Waals surface area contributed by atoms with E-state index in [1.165, 1.54) is 11.3 Å². The van der Waals surface area contributed by atoms with Crippen molar-refractivity contribution in [2.24, 2.45) is 0 Å². The Morgan fingerprint density at radius 1 is 1.32 bits per heavy atom. The van der Waals surface area contributed by atoms with Crippen molar-refractivity contribution in [3.8, 4) is 5.75 Å². The summed E-state index contributed by atoms with van der Waals surface area (Å²) in [4.78, 5) is 15.3. The average molecular weight is 418 g/mol. The van der Waals surface area contributed by atoms with E-state index in [1.54, 1.807) is 17.0 Å². The molecule has 0 bridgehead atoms. The van der Waals surface area contributed by atoms with Gasteiger partial charge in [0.2, 0.25) is 0 Å². The number of rotatable bonds is 7. The lowest BCUT2D eigenvalue weighted by Crippen LogP contribution is -2.26. The molecule has 2 heterocycles. The van der Waals surface area contributed by atoms with Gasteiger partial charge in [-0.05, 0) is 50.4 Å². The van der Waals surface area contributed by atoms with E-state index >= 15 is 0 Å². The van der Waals surface area contributed by atoms with Crippen molar-refractivity contribution in [2.45, 2.75) is 40.5 Å². The molecule has 1 aromatic carbocycles. The van der Waals surface area contributed by atoms with Crippen LogP contribution in [0, 0.1) is 13.8 Å². The average Bonchev–Trinajstić information content (AvgIpc) is 3.25. The zero-order valence-corrected chi connectivity index (χ0v) is 18.1. The van der Waals surface area contributed by atoms with Crippen LogP contribution in [0.2, 0.25) is 5.02 Å². The zero-order valence-electron chi connectivity index (χ0n) is 16.5. The van der Waals surface area contributed by atoms with Gasteiger partial charge in [-0.25, -0.2) is 0 Å². The van der Waals surface area contributed by atoms with Gasteiger partial charge >= 0.3 is 0 Å². The van der Waals surface area contributed by atoms with Crippen LogP contribution in [0.1, 0.15) is 39.1 Å². The molecule has 5 nitrogen and oxygen atoms in total. The first-order chi connectivity index (χ1) is 13.4. The summed E-state index contributed by atoms with van der Waals surface area (Å²) in [7, 11) is 1.83. The summed E-state index contributed by atoms with van der Waals surface area (Å²) < 4.78 is 7.73. The Labute approximate surface area is 174 Å². The van der Waals surface area contributed by atoms with Crippen LogP contribution in [0.15, 0.2) is 35.7 Å².